The van der Waals surface area contributed by atoms with Crippen LogP contribution in [0.15, 0.2) is 60.7 Å². The minimum atomic E-state index is -0.00924. The summed E-state index contributed by atoms with van der Waals surface area (Å²) in [7, 11) is 0. The maximum atomic E-state index is 14.4. The third kappa shape index (κ3) is 4.30. The van der Waals surface area contributed by atoms with Gasteiger partial charge < -0.3 is 9.64 Å². The molecule has 3 saturated carbocycles. The number of carbonyl (C=O) groups is 2. The molecule has 4 nitrogen and oxygen atoms in total. The number of esters is 1. The highest BCUT2D eigenvalue weighted by Crippen LogP contribution is 2.66. The fourth-order valence-electron chi connectivity index (χ4n) is 9.00. The molecule has 6 rings (SSSR count). The Morgan fingerprint density at radius 2 is 1.43 bits per heavy atom. The minimum absolute atomic E-state index is 0.00924. The van der Waals surface area contributed by atoms with Gasteiger partial charge in [-0.3, -0.25) is 9.59 Å². The number of fused-ring (bicyclic) bond motifs is 5. The van der Waals surface area contributed by atoms with Crippen molar-refractivity contribution >= 4 is 11.9 Å². The molecule has 37 heavy (non-hydrogen) atoms. The lowest BCUT2D eigenvalue weighted by molar-refractivity contribution is -0.192. The Morgan fingerprint density at radius 3 is 2.08 bits per heavy atom. The highest BCUT2D eigenvalue weighted by molar-refractivity contribution is 5.80. The molecular formula is C33H41NO3. The second kappa shape index (κ2) is 9.60. The number of benzene rings is 2. The second-order valence-corrected chi connectivity index (χ2v) is 12.8. The van der Waals surface area contributed by atoms with E-state index in [-0.39, 0.29) is 28.8 Å². The van der Waals surface area contributed by atoms with E-state index in [0.29, 0.717) is 43.2 Å². The number of ether oxygens (including phenoxy) is 1. The number of hydrogen-bond acceptors (Lipinski definition) is 3. The van der Waals surface area contributed by atoms with Gasteiger partial charge in [0.2, 0.25) is 5.91 Å². The normalized spacial score (nSPS) is 36.6. The standard InChI is InChI=1S/C33H41NO3/c1-32-19-17-27-25(13-16-29-33(27,2)20-18-30(35)37-29)26(32)14-15-28(32)31(36)34(21-23-9-5-3-6-10-23)22-24-11-7-4-8-12-24/h3-12,25-29H,13-22H2,1-2H3/t25?,26?,27?,28-,29-,32+,33-/m1/s1. The molecule has 0 N–H and O–H groups in total. The Morgan fingerprint density at radius 1 is 0.811 bits per heavy atom. The van der Waals surface area contributed by atoms with E-state index in [4.69, 9.17) is 4.74 Å². The molecule has 4 aliphatic rings. The van der Waals surface area contributed by atoms with E-state index in [2.05, 4.69) is 67.3 Å². The average molecular weight is 500 g/mol. The van der Waals surface area contributed by atoms with Gasteiger partial charge >= 0.3 is 5.97 Å². The van der Waals surface area contributed by atoms with Crippen LogP contribution in [0.2, 0.25) is 0 Å². The molecule has 0 bridgehead atoms. The monoisotopic (exact) mass is 499 g/mol. The van der Waals surface area contributed by atoms with Crippen molar-refractivity contribution in [2.75, 3.05) is 0 Å². The maximum absolute atomic E-state index is 14.4. The molecule has 196 valence electrons. The first-order valence-electron chi connectivity index (χ1n) is 14.4. The summed E-state index contributed by atoms with van der Waals surface area (Å²) in [5, 5.41) is 0. The van der Waals surface area contributed by atoms with E-state index in [1.807, 2.05) is 12.1 Å². The van der Waals surface area contributed by atoms with E-state index in [1.165, 1.54) is 11.1 Å². The third-order valence-corrected chi connectivity index (χ3v) is 11.0. The summed E-state index contributed by atoms with van der Waals surface area (Å²) in [4.78, 5) is 28.5. The highest BCUT2D eigenvalue weighted by Gasteiger charge is 2.62. The van der Waals surface area contributed by atoms with Crippen LogP contribution in [0, 0.1) is 34.5 Å². The van der Waals surface area contributed by atoms with Crippen molar-refractivity contribution in [2.24, 2.45) is 34.5 Å². The van der Waals surface area contributed by atoms with E-state index < -0.39 is 0 Å². The van der Waals surface area contributed by atoms with Gasteiger partial charge in [0.05, 0.1) is 0 Å². The van der Waals surface area contributed by atoms with Crippen molar-refractivity contribution < 1.29 is 14.3 Å². The van der Waals surface area contributed by atoms with Crippen LogP contribution >= 0.6 is 0 Å². The third-order valence-electron chi connectivity index (χ3n) is 11.0. The van der Waals surface area contributed by atoms with Crippen molar-refractivity contribution in [1.29, 1.82) is 0 Å². The largest absolute Gasteiger partial charge is 0.462 e. The minimum Gasteiger partial charge on any atom is -0.462 e. The fraction of sp³-hybridized carbons (Fsp3) is 0.576. The Bertz CT molecular complexity index is 1090. The average Bonchev–Trinajstić information content (AvgIpc) is 3.27. The Hall–Kier alpha value is -2.62. The van der Waals surface area contributed by atoms with Crippen LogP contribution in [-0.2, 0) is 27.4 Å². The van der Waals surface area contributed by atoms with Gasteiger partial charge in [-0.05, 0) is 79.2 Å². The van der Waals surface area contributed by atoms with Crippen molar-refractivity contribution in [3.8, 4) is 0 Å². The van der Waals surface area contributed by atoms with E-state index in [9.17, 15) is 9.59 Å². The zero-order chi connectivity index (χ0) is 25.6. The summed E-state index contributed by atoms with van der Waals surface area (Å²) < 4.78 is 5.88. The Labute approximate surface area is 221 Å². The summed E-state index contributed by atoms with van der Waals surface area (Å²) >= 11 is 0. The van der Waals surface area contributed by atoms with Crippen LogP contribution in [0.25, 0.3) is 0 Å². The molecule has 4 heteroatoms. The van der Waals surface area contributed by atoms with E-state index in [0.717, 1.165) is 44.9 Å². The van der Waals surface area contributed by atoms with Gasteiger partial charge in [0.25, 0.3) is 0 Å². The molecule has 3 unspecified atom stereocenters. The number of rotatable bonds is 5. The van der Waals surface area contributed by atoms with Gasteiger partial charge in [0.15, 0.2) is 0 Å². The first kappa shape index (κ1) is 24.7. The molecular weight excluding hydrogens is 458 g/mol. The van der Waals surface area contributed by atoms with Crippen molar-refractivity contribution in [3.05, 3.63) is 71.8 Å². The summed E-state index contributed by atoms with van der Waals surface area (Å²) in [6.07, 6.45) is 8.15. The lowest BCUT2D eigenvalue weighted by atomic mass is 9.47. The van der Waals surface area contributed by atoms with E-state index in [1.54, 1.807) is 0 Å². The molecule has 0 aromatic heterocycles. The zero-order valence-electron chi connectivity index (χ0n) is 22.4. The van der Waals surface area contributed by atoms with Gasteiger partial charge in [0, 0.05) is 30.8 Å². The quantitative estimate of drug-likeness (QED) is 0.426. The smallest absolute Gasteiger partial charge is 0.306 e. The molecule has 1 saturated heterocycles. The van der Waals surface area contributed by atoms with Crippen molar-refractivity contribution in [1.82, 2.24) is 4.90 Å². The van der Waals surface area contributed by atoms with Gasteiger partial charge in [-0.25, -0.2) is 0 Å². The predicted molar refractivity (Wildman–Crippen MR) is 144 cm³/mol. The summed E-state index contributed by atoms with van der Waals surface area (Å²) in [5.74, 6) is 2.25. The van der Waals surface area contributed by atoms with Gasteiger partial charge in [-0.1, -0.05) is 74.5 Å². The molecule has 2 aromatic rings. The lowest BCUT2D eigenvalue weighted by Crippen LogP contribution is -2.57. The first-order chi connectivity index (χ1) is 17.9. The molecule has 2 aromatic carbocycles. The molecule has 3 aliphatic carbocycles. The van der Waals surface area contributed by atoms with Gasteiger partial charge in [0.1, 0.15) is 6.10 Å². The SMILES string of the molecule is C[C@]12CCC3C(CC[C@H]4OC(=O)CC[C@]34C)C1CC[C@@H]2C(=O)N(Cc1ccccc1)Cc1ccccc1. The summed E-state index contributed by atoms with van der Waals surface area (Å²) in [6.45, 7) is 6.14. The molecule has 1 amide bonds. The Balaban J connectivity index is 1.24. The van der Waals surface area contributed by atoms with E-state index >= 15 is 0 Å². The van der Waals surface area contributed by atoms with Crippen LogP contribution in [0.3, 0.4) is 0 Å². The molecule has 1 aliphatic heterocycles. The van der Waals surface area contributed by atoms with Crippen LogP contribution in [0.5, 0.6) is 0 Å². The fourth-order valence-corrected chi connectivity index (χ4v) is 9.00. The van der Waals surface area contributed by atoms with Gasteiger partial charge in [-0.2, -0.15) is 0 Å². The topological polar surface area (TPSA) is 46.6 Å². The second-order valence-electron chi connectivity index (χ2n) is 12.8. The van der Waals surface area contributed by atoms with Gasteiger partial charge in [-0.15, -0.1) is 0 Å². The van der Waals surface area contributed by atoms with Crippen molar-refractivity contribution in [3.63, 3.8) is 0 Å². The van der Waals surface area contributed by atoms with Crippen LogP contribution in [0.1, 0.15) is 76.3 Å². The zero-order valence-corrected chi connectivity index (χ0v) is 22.4. The first-order valence-corrected chi connectivity index (χ1v) is 14.4. The number of carbonyl (C=O) groups excluding carboxylic acids is 2. The highest BCUT2D eigenvalue weighted by atomic mass is 16.5. The Kier molecular flexibility index (Phi) is 6.41. The summed E-state index contributed by atoms with van der Waals surface area (Å²) in [6, 6.07) is 20.9. The number of hydrogen-bond donors (Lipinski definition) is 0. The van der Waals surface area contributed by atoms with Crippen LogP contribution in [-0.4, -0.2) is 22.9 Å². The molecule has 1 heterocycles. The molecule has 0 spiro atoms. The summed E-state index contributed by atoms with van der Waals surface area (Å²) in [5.41, 5.74) is 2.53. The number of nitrogens with zero attached hydrogens (tertiary/aromatic N) is 1. The predicted octanol–water partition coefficient (Wildman–Crippen LogP) is 6.78. The maximum Gasteiger partial charge on any atom is 0.306 e. The molecule has 7 atom stereocenters. The molecule has 0 radical (unpaired) electrons. The lowest BCUT2D eigenvalue weighted by Gasteiger charge is -2.59. The van der Waals surface area contributed by atoms with Crippen LogP contribution in [0.4, 0.5) is 0 Å². The van der Waals surface area contributed by atoms with Crippen molar-refractivity contribution in [2.45, 2.75) is 84.4 Å². The van der Waals surface area contributed by atoms with Crippen LogP contribution < -0.4 is 0 Å². The number of amides is 1. The molecule has 4 fully saturated rings.